The Morgan fingerprint density at radius 1 is 0.927 bits per heavy atom. The Morgan fingerprint density at radius 3 is 2.49 bits per heavy atom. The monoisotopic (exact) mass is 1150 g/mol. The normalized spacial score (nSPS) is 20.4. The first-order valence-corrected chi connectivity index (χ1v) is 30.1. The number of carbonyl (C=O) groups excluding carboxylic acids is 4. The summed E-state index contributed by atoms with van der Waals surface area (Å²) in [4.78, 5) is 76.9. The quantitative estimate of drug-likeness (QED) is 0.0306. The topological polar surface area (TPSA) is 241 Å². The molecule has 1 saturated carbocycles. The van der Waals surface area contributed by atoms with Crippen molar-refractivity contribution in [3.8, 4) is 11.5 Å². The number of pyridine rings is 1. The minimum Gasteiger partial charge on any atom is -0.455 e. The second-order valence-electron chi connectivity index (χ2n) is 23.1. The zero-order valence-corrected chi connectivity index (χ0v) is 47.5. The Kier molecular flexibility index (Phi) is 16.2. The minimum absolute atomic E-state index is 0.0585. The second kappa shape index (κ2) is 23.7. The lowest BCUT2D eigenvalue weighted by Crippen LogP contribution is -2.52. The summed E-state index contributed by atoms with van der Waals surface area (Å²) in [7, 11) is -4.63. The van der Waals surface area contributed by atoms with Gasteiger partial charge < -0.3 is 30.2 Å². The lowest BCUT2D eigenvalue weighted by Gasteiger charge is -2.39. The molecule has 1 unspecified atom stereocenters. The fourth-order valence-corrected chi connectivity index (χ4v) is 13.4. The van der Waals surface area contributed by atoms with Crippen molar-refractivity contribution in [2.24, 2.45) is 11.3 Å². The third-order valence-electron chi connectivity index (χ3n) is 17.0. The van der Waals surface area contributed by atoms with Crippen LogP contribution in [0.2, 0.25) is 5.02 Å². The zero-order valence-electron chi connectivity index (χ0n) is 46.0. The van der Waals surface area contributed by atoms with Gasteiger partial charge >= 0.3 is 0 Å². The molecular formula is C61H67ClN10O9S. The number of carbonyl (C=O) groups is 4. The van der Waals surface area contributed by atoms with E-state index in [9.17, 15) is 37.7 Å². The van der Waals surface area contributed by atoms with Crippen LogP contribution in [-0.4, -0.2) is 115 Å². The number of imide groups is 1. The van der Waals surface area contributed by atoms with Gasteiger partial charge in [0.25, 0.3) is 27.5 Å². The molecule has 2 aromatic heterocycles. The smallest absolute Gasteiger partial charge is 0.293 e. The molecule has 3 aliphatic heterocycles. The maximum atomic E-state index is 14.2. The second-order valence-corrected chi connectivity index (χ2v) is 25.2. The number of aromatic amines is 1. The number of nitro benzene ring substituents is 1. The van der Waals surface area contributed by atoms with Gasteiger partial charge in [0.2, 0.25) is 11.8 Å². The van der Waals surface area contributed by atoms with Crippen LogP contribution in [-0.2, 0) is 32.6 Å². The van der Waals surface area contributed by atoms with Crippen LogP contribution in [0.25, 0.3) is 16.6 Å². The Bertz CT molecular complexity index is 3610. The number of nitro groups is 1. The van der Waals surface area contributed by atoms with E-state index in [0.29, 0.717) is 62.5 Å². The molecule has 21 heteroatoms. The van der Waals surface area contributed by atoms with Gasteiger partial charge in [-0.1, -0.05) is 55.3 Å². The Morgan fingerprint density at radius 2 is 1.72 bits per heavy atom. The Hall–Kier alpha value is -7.65. The summed E-state index contributed by atoms with van der Waals surface area (Å²) in [6.07, 6.45) is 11.1. The Balaban J connectivity index is 0.706. The molecule has 19 nitrogen and oxygen atoms in total. The standard InChI is InChI=1S/C61H67ClN10O9S/c1-61(2)23-20-42(50(33-61)40-8-10-43(62)11-9-40)36-69-26-28-70(29-27-69)45-14-16-49(55(31-45)81-46-30-41-22-25-64-57(41)66-35-46)58(74)68-82(79,80)47-15-17-52(54(32-47)72(77)78)65-34-38-6-12-44(13-7-38)63-24-21-39-4-3-5-48-51(39)37-71(60(48)76)53-18-19-56(73)67-59(53)75/h3-5,8-11,14-17,22,25,30-32,35,38,44,53,63,65H,6-7,12-13,18-21,23-24,26-29,33-34,36-37H2,1-2H3,(H,64,66)(H,68,74)(H,67,73,75)/t38-,44+,53?. The largest absolute Gasteiger partial charge is 0.455 e. The number of nitrogens with zero attached hydrogens (tertiary/aromatic N) is 5. The number of piperidine rings is 1. The minimum atomic E-state index is -4.63. The van der Waals surface area contributed by atoms with Crippen molar-refractivity contribution in [3.63, 3.8) is 0 Å². The van der Waals surface area contributed by atoms with Crippen LogP contribution in [0, 0.1) is 21.4 Å². The third kappa shape index (κ3) is 12.5. The van der Waals surface area contributed by atoms with E-state index >= 15 is 0 Å². The van der Waals surface area contributed by atoms with E-state index < -0.39 is 43.4 Å². The van der Waals surface area contributed by atoms with Gasteiger partial charge in [-0.2, -0.15) is 0 Å². The zero-order chi connectivity index (χ0) is 57.3. The number of amides is 4. The van der Waals surface area contributed by atoms with Crippen molar-refractivity contribution in [3.05, 3.63) is 152 Å². The third-order valence-corrected chi connectivity index (χ3v) is 18.6. The average molecular weight is 1150 g/mol. The summed E-state index contributed by atoms with van der Waals surface area (Å²) in [5.74, 6) is -1.28. The molecule has 3 fully saturated rings. The number of ether oxygens (including phenoxy) is 1. The number of nitrogens with one attached hydrogen (secondary N) is 5. The van der Waals surface area contributed by atoms with Crippen LogP contribution >= 0.6 is 11.6 Å². The molecule has 4 aromatic carbocycles. The SMILES string of the molecule is CC1(C)CCC(CN2CCN(c3ccc(C(=O)NS(=O)(=O)c4ccc(NC[C@H]5CC[C@@H](NCCc6cccc7c6CN(C6CCC(=O)NC6=O)C7=O)CC5)c([N+](=O)[O-])c4)c(Oc4cnc5[nH]ccc5c4)c3)CC2)=C(c2ccc(Cl)cc2)C1. The van der Waals surface area contributed by atoms with E-state index in [4.69, 9.17) is 16.3 Å². The molecule has 0 bridgehead atoms. The number of sulfonamides is 1. The number of hydrogen-bond acceptors (Lipinski definition) is 14. The lowest BCUT2D eigenvalue weighted by molar-refractivity contribution is -0.384. The van der Waals surface area contributed by atoms with Crippen LogP contribution in [0.1, 0.15) is 109 Å². The summed E-state index contributed by atoms with van der Waals surface area (Å²) >= 11 is 6.27. The first-order valence-electron chi connectivity index (χ1n) is 28.2. The van der Waals surface area contributed by atoms with Crippen molar-refractivity contribution in [1.82, 2.24) is 35.1 Å². The highest BCUT2D eigenvalue weighted by molar-refractivity contribution is 7.90. The van der Waals surface area contributed by atoms with Crippen LogP contribution < -0.4 is 30.3 Å². The van der Waals surface area contributed by atoms with Gasteiger partial charge in [-0.3, -0.25) is 39.5 Å². The molecular weight excluding hydrogens is 1080 g/mol. The van der Waals surface area contributed by atoms with Crippen LogP contribution in [0.4, 0.5) is 17.1 Å². The van der Waals surface area contributed by atoms with Crippen molar-refractivity contribution in [2.75, 3.05) is 56.0 Å². The first kappa shape index (κ1) is 56.2. The van der Waals surface area contributed by atoms with Gasteiger partial charge in [0.15, 0.2) is 0 Å². The summed E-state index contributed by atoms with van der Waals surface area (Å²) in [6.45, 7) is 9.99. The predicted octanol–water partition coefficient (Wildman–Crippen LogP) is 9.39. The van der Waals surface area contributed by atoms with Crippen LogP contribution in [0.15, 0.2) is 114 Å². The molecule has 82 heavy (non-hydrogen) atoms. The van der Waals surface area contributed by atoms with Crippen molar-refractivity contribution < 1.29 is 37.3 Å². The van der Waals surface area contributed by atoms with E-state index in [1.807, 2.05) is 30.3 Å². The number of halogens is 1. The highest BCUT2D eigenvalue weighted by atomic mass is 35.5. The fourth-order valence-electron chi connectivity index (χ4n) is 12.3. The molecule has 2 aliphatic carbocycles. The van der Waals surface area contributed by atoms with Crippen LogP contribution in [0.3, 0.4) is 0 Å². The van der Waals surface area contributed by atoms with Gasteiger partial charge in [0.1, 0.15) is 28.9 Å². The molecule has 0 radical (unpaired) electrons. The molecule has 11 rings (SSSR count). The molecule has 1 atom stereocenters. The molecule has 4 amide bonds. The average Bonchev–Trinajstić information content (AvgIpc) is 4.16. The van der Waals surface area contributed by atoms with Crippen LogP contribution in [0.5, 0.6) is 11.5 Å². The Labute approximate surface area is 481 Å². The van der Waals surface area contributed by atoms with Gasteiger partial charge in [-0.25, -0.2) is 18.1 Å². The van der Waals surface area contributed by atoms with Gasteiger partial charge in [-0.05, 0) is 153 Å². The number of benzene rings is 4. The van der Waals surface area contributed by atoms with Gasteiger partial charge in [0, 0.05) is 98.3 Å². The predicted molar refractivity (Wildman–Crippen MR) is 313 cm³/mol. The number of hydrogen-bond donors (Lipinski definition) is 5. The highest BCUT2D eigenvalue weighted by Gasteiger charge is 2.40. The van der Waals surface area contributed by atoms with Gasteiger partial charge in [0.05, 0.1) is 21.6 Å². The summed E-state index contributed by atoms with van der Waals surface area (Å²) in [5.41, 5.74) is 7.93. The fraction of sp³-hybridized carbons (Fsp3) is 0.393. The molecule has 5 heterocycles. The summed E-state index contributed by atoms with van der Waals surface area (Å²) in [6, 6.07) is 25.6. The van der Waals surface area contributed by atoms with E-state index in [0.717, 1.165) is 97.9 Å². The number of allylic oxidation sites excluding steroid dienone is 1. The number of aromatic nitrogens is 2. The molecule has 2 saturated heterocycles. The van der Waals surface area contributed by atoms with Gasteiger partial charge in [-0.15, -0.1) is 0 Å². The number of anilines is 2. The number of H-pyrrole nitrogens is 1. The summed E-state index contributed by atoms with van der Waals surface area (Å²) in [5, 5.41) is 23.2. The molecule has 428 valence electrons. The molecule has 6 aromatic rings. The maximum Gasteiger partial charge on any atom is 0.293 e. The van der Waals surface area contributed by atoms with E-state index in [-0.39, 0.29) is 52.6 Å². The number of piperazine rings is 1. The molecule has 5 N–H and O–H groups in total. The van der Waals surface area contributed by atoms with E-state index in [1.54, 1.807) is 35.4 Å². The maximum absolute atomic E-state index is 14.2. The van der Waals surface area contributed by atoms with Crippen molar-refractivity contribution >= 4 is 78.9 Å². The number of fused-ring (bicyclic) bond motifs is 2. The van der Waals surface area contributed by atoms with Crippen molar-refractivity contribution in [1.29, 1.82) is 0 Å². The number of rotatable bonds is 18. The highest BCUT2D eigenvalue weighted by Crippen LogP contribution is 2.44. The summed E-state index contributed by atoms with van der Waals surface area (Å²) < 4.78 is 36.5. The molecule has 5 aliphatic rings. The van der Waals surface area contributed by atoms with Crippen molar-refractivity contribution in [2.45, 2.75) is 102 Å². The van der Waals surface area contributed by atoms with E-state index in [2.05, 4.69) is 66.4 Å². The lowest BCUT2D eigenvalue weighted by atomic mass is 9.72. The molecule has 0 spiro atoms. The van der Waals surface area contributed by atoms with E-state index in [1.165, 1.54) is 41.1 Å². The first-order chi connectivity index (χ1) is 39.4.